The zero-order valence-electron chi connectivity index (χ0n) is 10.4. The molecule has 0 aliphatic carbocycles. The summed E-state index contributed by atoms with van der Waals surface area (Å²) in [7, 11) is 5.00. The van der Waals surface area contributed by atoms with E-state index in [0.29, 0.717) is 11.5 Å². The first-order valence-electron chi connectivity index (χ1n) is 5.33. The molecule has 92 valence electrons. The maximum Gasteiger partial charge on any atom is 0.150 e. The van der Waals surface area contributed by atoms with Crippen molar-refractivity contribution in [2.75, 3.05) is 52.8 Å². The summed E-state index contributed by atoms with van der Waals surface area (Å²) < 4.78 is 23.1. The molecule has 0 aromatic rings. The van der Waals surface area contributed by atoms with Crippen LogP contribution in [0.1, 0.15) is 12.8 Å². The minimum Gasteiger partial charge on any atom is -0.309 e. The predicted octanol–water partition coefficient (Wildman–Crippen LogP) is 0.305. The molecule has 0 fully saturated rings. The summed E-state index contributed by atoms with van der Waals surface area (Å²) in [5, 5.41) is 0. The van der Waals surface area contributed by atoms with Crippen LogP contribution in [-0.2, 0) is 9.84 Å². The lowest BCUT2D eigenvalue weighted by molar-refractivity contribution is 0.405. The van der Waals surface area contributed by atoms with E-state index < -0.39 is 9.84 Å². The SMILES string of the molecule is CN(C)CCCS(=O)(=O)CCCN(C)C. The van der Waals surface area contributed by atoms with Crippen molar-refractivity contribution in [2.24, 2.45) is 0 Å². The fraction of sp³-hybridized carbons (Fsp3) is 1.00. The number of hydrogen-bond acceptors (Lipinski definition) is 4. The molecule has 0 saturated carbocycles. The molecular weight excluding hydrogens is 212 g/mol. The van der Waals surface area contributed by atoms with Crippen molar-refractivity contribution in [3.63, 3.8) is 0 Å². The van der Waals surface area contributed by atoms with Gasteiger partial charge in [-0.05, 0) is 54.1 Å². The van der Waals surface area contributed by atoms with Crippen LogP contribution >= 0.6 is 0 Å². The number of sulfone groups is 1. The smallest absolute Gasteiger partial charge is 0.150 e. The first-order valence-corrected chi connectivity index (χ1v) is 7.15. The Morgan fingerprint density at radius 3 is 1.40 bits per heavy atom. The standard InChI is InChI=1S/C10H24N2O2S/c1-11(2)7-5-9-15(13,14)10-6-8-12(3)4/h5-10H2,1-4H3. The molecule has 0 aromatic carbocycles. The fourth-order valence-electron chi connectivity index (χ4n) is 1.30. The highest BCUT2D eigenvalue weighted by molar-refractivity contribution is 7.91. The molecule has 0 aliphatic heterocycles. The topological polar surface area (TPSA) is 40.6 Å². The van der Waals surface area contributed by atoms with E-state index in [9.17, 15) is 8.42 Å². The van der Waals surface area contributed by atoms with E-state index in [-0.39, 0.29) is 0 Å². The molecule has 0 unspecified atom stereocenters. The third-order valence-corrected chi connectivity index (χ3v) is 3.94. The lowest BCUT2D eigenvalue weighted by Gasteiger charge is -2.11. The van der Waals surface area contributed by atoms with Gasteiger partial charge in [0.2, 0.25) is 0 Å². The maximum absolute atomic E-state index is 11.6. The molecule has 0 aliphatic rings. The van der Waals surface area contributed by atoms with Crippen molar-refractivity contribution in [2.45, 2.75) is 12.8 Å². The molecule has 4 nitrogen and oxygen atoms in total. The van der Waals surface area contributed by atoms with E-state index in [1.165, 1.54) is 0 Å². The van der Waals surface area contributed by atoms with E-state index in [1.54, 1.807) is 0 Å². The monoisotopic (exact) mass is 236 g/mol. The predicted molar refractivity (Wildman–Crippen MR) is 65.0 cm³/mol. The first-order chi connectivity index (χ1) is 6.83. The summed E-state index contributed by atoms with van der Waals surface area (Å²) in [6.45, 7) is 1.68. The lowest BCUT2D eigenvalue weighted by atomic mass is 10.4. The molecular formula is C10H24N2O2S. The van der Waals surface area contributed by atoms with Gasteiger partial charge in [0.1, 0.15) is 9.84 Å². The summed E-state index contributed by atoms with van der Waals surface area (Å²) in [5.74, 6) is 0.636. The molecule has 0 spiro atoms. The van der Waals surface area contributed by atoms with Gasteiger partial charge in [0.15, 0.2) is 0 Å². The van der Waals surface area contributed by atoms with Crippen molar-refractivity contribution in [3.05, 3.63) is 0 Å². The van der Waals surface area contributed by atoms with Crippen LogP contribution in [0.4, 0.5) is 0 Å². The third-order valence-electron chi connectivity index (χ3n) is 2.12. The van der Waals surface area contributed by atoms with Gasteiger partial charge >= 0.3 is 0 Å². The quantitative estimate of drug-likeness (QED) is 0.608. The molecule has 0 N–H and O–H groups in total. The summed E-state index contributed by atoms with van der Waals surface area (Å²) in [5.41, 5.74) is 0. The zero-order chi connectivity index (χ0) is 11.9. The molecule has 0 heterocycles. The molecule has 0 rings (SSSR count). The minimum atomic E-state index is -2.83. The number of rotatable bonds is 8. The molecule has 0 saturated heterocycles. The fourth-order valence-corrected chi connectivity index (χ4v) is 2.65. The van der Waals surface area contributed by atoms with Gasteiger partial charge in [-0.2, -0.15) is 0 Å². The summed E-state index contributed by atoms with van der Waals surface area (Å²) in [6.07, 6.45) is 1.47. The summed E-state index contributed by atoms with van der Waals surface area (Å²) in [6, 6.07) is 0. The van der Waals surface area contributed by atoms with Gasteiger partial charge < -0.3 is 9.80 Å². The largest absolute Gasteiger partial charge is 0.309 e. The van der Waals surface area contributed by atoms with Crippen molar-refractivity contribution in [1.82, 2.24) is 9.80 Å². The molecule has 5 heteroatoms. The van der Waals surface area contributed by atoms with Gasteiger partial charge in [0.25, 0.3) is 0 Å². The second kappa shape index (κ2) is 7.19. The van der Waals surface area contributed by atoms with E-state index in [4.69, 9.17) is 0 Å². The van der Waals surface area contributed by atoms with E-state index in [1.807, 2.05) is 38.0 Å². The van der Waals surface area contributed by atoms with Crippen LogP contribution < -0.4 is 0 Å². The Kier molecular flexibility index (Phi) is 7.13. The summed E-state index contributed by atoms with van der Waals surface area (Å²) >= 11 is 0. The van der Waals surface area contributed by atoms with Gasteiger partial charge in [-0.25, -0.2) is 8.42 Å². The van der Waals surface area contributed by atoms with Crippen LogP contribution in [0.2, 0.25) is 0 Å². The van der Waals surface area contributed by atoms with Crippen molar-refractivity contribution < 1.29 is 8.42 Å². The summed E-state index contributed by atoms with van der Waals surface area (Å²) in [4.78, 5) is 4.02. The van der Waals surface area contributed by atoms with Crippen molar-refractivity contribution >= 4 is 9.84 Å². The molecule has 0 radical (unpaired) electrons. The Morgan fingerprint density at radius 1 is 0.800 bits per heavy atom. The molecule has 0 amide bonds. The highest BCUT2D eigenvalue weighted by Gasteiger charge is 2.10. The van der Waals surface area contributed by atoms with Crippen LogP contribution in [0, 0.1) is 0 Å². The van der Waals surface area contributed by atoms with Crippen molar-refractivity contribution in [1.29, 1.82) is 0 Å². The first kappa shape index (κ1) is 14.9. The average Bonchev–Trinajstić information content (AvgIpc) is 2.01. The van der Waals surface area contributed by atoms with Crippen LogP contribution in [0.3, 0.4) is 0 Å². The van der Waals surface area contributed by atoms with Gasteiger partial charge in [0, 0.05) is 0 Å². The normalized spacial score (nSPS) is 12.7. The Balaban J connectivity index is 3.68. The highest BCUT2D eigenvalue weighted by atomic mass is 32.2. The highest BCUT2D eigenvalue weighted by Crippen LogP contribution is 1.98. The van der Waals surface area contributed by atoms with E-state index >= 15 is 0 Å². The third kappa shape index (κ3) is 10.2. The Bertz CT molecular complexity index is 228. The van der Waals surface area contributed by atoms with Crippen LogP contribution in [0.5, 0.6) is 0 Å². The molecule has 15 heavy (non-hydrogen) atoms. The zero-order valence-corrected chi connectivity index (χ0v) is 11.2. The number of hydrogen-bond donors (Lipinski definition) is 0. The average molecular weight is 236 g/mol. The van der Waals surface area contributed by atoms with Gasteiger partial charge in [-0.1, -0.05) is 0 Å². The molecule has 0 atom stereocenters. The Hall–Kier alpha value is -0.130. The van der Waals surface area contributed by atoms with Crippen LogP contribution in [-0.4, -0.2) is 71.0 Å². The van der Waals surface area contributed by atoms with Crippen molar-refractivity contribution in [3.8, 4) is 0 Å². The Labute approximate surface area is 94.2 Å². The minimum absolute atomic E-state index is 0.318. The molecule has 0 bridgehead atoms. The van der Waals surface area contributed by atoms with Crippen LogP contribution in [0.15, 0.2) is 0 Å². The lowest BCUT2D eigenvalue weighted by Crippen LogP contribution is -2.21. The second-order valence-corrected chi connectivity index (χ2v) is 6.77. The van der Waals surface area contributed by atoms with E-state index in [2.05, 4.69) is 0 Å². The van der Waals surface area contributed by atoms with Gasteiger partial charge in [0.05, 0.1) is 11.5 Å². The van der Waals surface area contributed by atoms with Crippen LogP contribution in [0.25, 0.3) is 0 Å². The Morgan fingerprint density at radius 2 is 1.13 bits per heavy atom. The van der Waals surface area contributed by atoms with E-state index in [0.717, 1.165) is 25.9 Å². The molecule has 0 aromatic heterocycles. The van der Waals surface area contributed by atoms with Gasteiger partial charge in [-0.15, -0.1) is 0 Å². The second-order valence-electron chi connectivity index (χ2n) is 4.47. The van der Waals surface area contributed by atoms with Gasteiger partial charge in [-0.3, -0.25) is 0 Å². The maximum atomic E-state index is 11.6. The number of nitrogens with zero attached hydrogens (tertiary/aromatic N) is 2.